The van der Waals surface area contributed by atoms with E-state index in [2.05, 4.69) is 33.2 Å². The Bertz CT molecular complexity index is 421. The van der Waals surface area contributed by atoms with Crippen molar-refractivity contribution in [3.8, 4) is 0 Å². The van der Waals surface area contributed by atoms with Crippen LogP contribution in [0, 0.1) is 0 Å². The SMILES string of the molecule is c1c[nH]cn1.c1ccc2[nH]ccc2c1. The highest BCUT2D eigenvalue weighted by Gasteiger charge is 1.86. The predicted octanol–water partition coefficient (Wildman–Crippen LogP) is 2.58. The Hall–Kier alpha value is -2.03. The molecule has 0 bridgehead atoms. The van der Waals surface area contributed by atoms with E-state index in [9.17, 15) is 0 Å². The summed E-state index contributed by atoms with van der Waals surface area (Å²) in [6, 6.07) is 10.3. The molecule has 0 spiro atoms. The minimum atomic E-state index is 1.21. The second-order valence-corrected chi connectivity index (χ2v) is 2.83. The van der Waals surface area contributed by atoms with Gasteiger partial charge >= 0.3 is 0 Å². The molecule has 70 valence electrons. The first-order chi connectivity index (χ1) is 6.97. The highest BCUT2D eigenvalue weighted by Crippen LogP contribution is 2.09. The number of H-pyrrole nitrogens is 2. The van der Waals surface area contributed by atoms with Gasteiger partial charge in [0.1, 0.15) is 0 Å². The molecule has 0 aliphatic rings. The summed E-state index contributed by atoms with van der Waals surface area (Å²) < 4.78 is 0. The molecule has 0 unspecified atom stereocenters. The van der Waals surface area contributed by atoms with Gasteiger partial charge in [-0.2, -0.15) is 0 Å². The van der Waals surface area contributed by atoms with E-state index >= 15 is 0 Å². The average Bonchev–Trinajstić information content (AvgIpc) is 2.92. The Morgan fingerprint density at radius 3 is 2.57 bits per heavy atom. The fraction of sp³-hybridized carbons (Fsp3) is 0. The molecule has 0 saturated carbocycles. The summed E-state index contributed by atoms with van der Waals surface area (Å²) in [5.41, 5.74) is 1.21. The molecule has 0 atom stereocenters. The minimum absolute atomic E-state index is 1.21. The van der Waals surface area contributed by atoms with Crippen LogP contribution in [0.5, 0.6) is 0 Å². The first-order valence-electron chi connectivity index (χ1n) is 4.42. The lowest BCUT2D eigenvalue weighted by atomic mass is 10.3. The molecular formula is C11H11N3. The third-order valence-corrected chi connectivity index (χ3v) is 1.87. The van der Waals surface area contributed by atoms with Crippen molar-refractivity contribution in [2.75, 3.05) is 0 Å². The molecule has 14 heavy (non-hydrogen) atoms. The van der Waals surface area contributed by atoms with Gasteiger partial charge < -0.3 is 9.97 Å². The maximum Gasteiger partial charge on any atom is 0.0919 e. The number of nitrogens with zero attached hydrogens (tertiary/aromatic N) is 1. The Kier molecular flexibility index (Phi) is 2.62. The highest BCUT2D eigenvalue weighted by atomic mass is 14.8. The van der Waals surface area contributed by atoms with Crippen molar-refractivity contribution in [2.45, 2.75) is 0 Å². The van der Waals surface area contributed by atoms with E-state index < -0.39 is 0 Å². The van der Waals surface area contributed by atoms with Crippen LogP contribution in [0.4, 0.5) is 0 Å². The molecule has 2 aromatic heterocycles. The third-order valence-electron chi connectivity index (χ3n) is 1.87. The van der Waals surface area contributed by atoms with Crippen molar-refractivity contribution in [1.82, 2.24) is 15.0 Å². The van der Waals surface area contributed by atoms with E-state index in [4.69, 9.17) is 0 Å². The number of hydrogen-bond donors (Lipinski definition) is 2. The summed E-state index contributed by atoms with van der Waals surface area (Å²) in [5, 5.41) is 1.28. The Balaban J connectivity index is 0.000000128. The summed E-state index contributed by atoms with van der Waals surface area (Å²) in [5.74, 6) is 0. The van der Waals surface area contributed by atoms with Gasteiger partial charge in [-0.1, -0.05) is 18.2 Å². The number of aromatic nitrogens is 3. The molecule has 0 fully saturated rings. The second kappa shape index (κ2) is 4.28. The van der Waals surface area contributed by atoms with Crippen LogP contribution in [-0.4, -0.2) is 15.0 Å². The Morgan fingerprint density at radius 2 is 1.93 bits per heavy atom. The van der Waals surface area contributed by atoms with Crippen LogP contribution >= 0.6 is 0 Å². The van der Waals surface area contributed by atoms with Gasteiger partial charge in [-0.15, -0.1) is 0 Å². The molecule has 3 nitrogen and oxygen atoms in total. The van der Waals surface area contributed by atoms with Crippen LogP contribution in [0.1, 0.15) is 0 Å². The van der Waals surface area contributed by atoms with Crippen molar-refractivity contribution in [3.05, 3.63) is 55.2 Å². The molecular weight excluding hydrogens is 174 g/mol. The molecule has 3 rings (SSSR count). The average molecular weight is 185 g/mol. The Labute approximate surface area is 81.8 Å². The minimum Gasteiger partial charge on any atom is -0.361 e. The van der Waals surface area contributed by atoms with Gasteiger partial charge in [0, 0.05) is 24.1 Å². The lowest BCUT2D eigenvalue weighted by Gasteiger charge is -1.83. The molecule has 0 aliphatic heterocycles. The van der Waals surface area contributed by atoms with Crippen molar-refractivity contribution in [2.24, 2.45) is 0 Å². The Morgan fingerprint density at radius 1 is 1.00 bits per heavy atom. The van der Waals surface area contributed by atoms with E-state index in [1.54, 1.807) is 18.7 Å². The molecule has 0 radical (unpaired) electrons. The van der Waals surface area contributed by atoms with Crippen molar-refractivity contribution >= 4 is 10.9 Å². The number of fused-ring (bicyclic) bond motifs is 1. The summed E-state index contributed by atoms with van der Waals surface area (Å²) in [7, 11) is 0. The zero-order valence-electron chi connectivity index (χ0n) is 7.64. The van der Waals surface area contributed by atoms with E-state index in [0.717, 1.165) is 0 Å². The third kappa shape index (κ3) is 2.01. The van der Waals surface area contributed by atoms with Gasteiger partial charge in [0.2, 0.25) is 0 Å². The van der Waals surface area contributed by atoms with Crippen LogP contribution in [0.15, 0.2) is 55.2 Å². The first-order valence-corrected chi connectivity index (χ1v) is 4.42. The van der Waals surface area contributed by atoms with Gasteiger partial charge in [-0.25, -0.2) is 4.98 Å². The molecule has 1 aromatic carbocycles. The van der Waals surface area contributed by atoms with Gasteiger partial charge in [-0.05, 0) is 17.5 Å². The maximum atomic E-state index is 3.67. The number of benzene rings is 1. The quantitative estimate of drug-likeness (QED) is 0.555. The normalized spacial score (nSPS) is 9.43. The summed E-state index contributed by atoms with van der Waals surface area (Å²) in [6.07, 6.45) is 7.03. The number of aromatic amines is 2. The second-order valence-electron chi connectivity index (χ2n) is 2.83. The van der Waals surface area contributed by atoms with E-state index in [0.29, 0.717) is 0 Å². The van der Waals surface area contributed by atoms with Crippen LogP contribution < -0.4 is 0 Å². The fourth-order valence-corrected chi connectivity index (χ4v) is 1.21. The summed E-state index contributed by atoms with van der Waals surface area (Å²) >= 11 is 0. The monoisotopic (exact) mass is 185 g/mol. The molecule has 0 amide bonds. The van der Waals surface area contributed by atoms with Gasteiger partial charge in [0.05, 0.1) is 6.33 Å². The number of hydrogen-bond acceptors (Lipinski definition) is 1. The number of rotatable bonds is 0. The van der Waals surface area contributed by atoms with Crippen LogP contribution in [0.3, 0.4) is 0 Å². The molecule has 2 heterocycles. The molecule has 3 heteroatoms. The van der Waals surface area contributed by atoms with Crippen LogP contribution in [-0.2, 0) is 0 Å². The van der Waals surface area contributed by atoms with E-state index in [1.165, 1.54) is 10.9 Å². The van der Waals surface area contributed by atoms with Crippen molar-refractivity contribution in [3.63, 3.8) is 0 Å². The zero-order chi connectivity index (χ0) is 9.64. The highest BCUT2D eigenvalue weighted by molar-refractivity contribution is 5.78. The molecule has 3 aromatic rings. The summed E-state index contributed by atoms with van der Waals surface area (Å²) in [6.45, 7) is 0. The smallest absolute Gasteiger partial charge is 0.0919 e. The first kappa shape index (κ1) is 8.56. The standard InChI is InChI=1S/C8H7N.C3H4N2/c1-2-4-8-7(3-1)5-6-9-8;1-2-5-3-4-1/h1-6,9H;1-3H,(H,4,5). The van der Waals surface area contributed by atoms with Gasteiger partial charge in [0.25, 0.3) is 0 Å². The van der Waals surface area contributed by atoms with E-state index in [1.807, 2.05) is 18.3 Å². The molecule has 0 aliphatic carbocycles. The maximum absolute atomic E-state index is 3.67. The predicted molar refractivity (Wildman–Crippen MR) is 56.9 cm³/mol. The lowest BCUT2D eigenvalue weighted by molar-refractivity contribution is 1.31. The molecule has 2 N–H and O–H groups in total. The van der Waals surface area contributed by atoms with Crippen LogP contribution in [0.2, 0.25) is 0 Å². The largest absolute Gasteiger partial charge is 0.361 e. The summed E-state index contributed by atoms with van der Waals surface area (Å²) in [4.78, 5) is 9.54. The topological polar surface area (TPSA) is 44.5 Å². The van der Waals surface area contributed by atoms with Crippen molar-refractivity contribution < 1.29 is 0 Å². The van der Waals surface area contributed by atoms with Crippen molar-refractivity contribution in [1.29, 1.82) is 0 Å². The molecule has 0 saturated heterocycles. The zero-order valence-corrected chi connectivity index (χ0v) is 7.64. The fourth-order valence-electron chi connectivity index (χ4n) is 1.21. The van der Waals surface area contributed by atoms with Gasteiger partial charge in [0.15, 0.2) is 0 Å². The number of para-hydroxylation sites is 1. The number of imidazole rings is 1. The number of nitrogens with one attached hydrogen (secondary N) is 2. The lowest BCUT2D eigenvalue weighted by Crippen LogP contribution is -1.61. The van der Waals surface area contributed by atoms with Gasteiger partial charge in [-0.3, -0.25) is 0 Å². The van der Waals surface area contributed by atoms with E-state index in [-0.39, 0.29) is 0 Å². The van der Waals surface area contributed by atoms with Crippen LogP contribution in [0.25, 0.3) is 10.9 Å².